The first kappa shape index (κ1) is 16.5. The van der Waals surface area contributed by atoms with Crippen LogP contribution in [-0.2, 0) is 9.59 Å². The minimum atomic E-state index is -1.11. The highest BCUT2D eigenvalue weighted by Crippen LogP contribution is 2.20. The molecule has 0 spiro atoms. The Hall–Kier alpha value is -1.59. The standard InChI is InChI=1S/C14H19ClN2O3/c1-9-5-6-10(15)7-11(9)16-12(18)8-17(4)14(2,3)13(19)20/h5-7H,8H2,1-4H3,(H,16,18)(H,19,20). The first-order valence-electron chi connectivity index (χ1n) is 6.15. The lowest BCUT2D eigenvalue weighted by molar-refractivity contribution is -0.148. The molecule has 0 aromatic heterocycles. The first-order chi connectivity index (χ1) is 9.14. The fourth-order valence-corrected chi connectivity index (χ4v) is 1.67. The summed E-state index contributed by atoms with van der Waals surface area (Å²) in [6, 6.07) is 5.21. The van der Waals surface area contributed by atoms with Crippen molar-refractivity contribution < 1.29 is 14.7 Å². The topological polar surface area (TPSA) is 69.6 Å². The van der Waals surface area contributed by atoms with E-state index in [1.165, 1.54) is 4.90 Å². The van der Waals surface area contributed by atoms with Gasteiger partial charge in [0.05, 0.1) is 6.54 Å². The molecule has 110 valence electrons. The van der Waals surface area contributed by atoms with Gasteiger partial charge in [-0.3, -0.25) is 14.5 Å². The maximum Gasteiger partial charge on any atom is 0.323 e. The second-order valence-corrected chi connectivity index (χ2v) is 5.66. The number of hydrogen-bond acceptors (Lipinski definition) is 3. The Labute approximate surface area is 123 Å². The number of nitrogens with one attached hydrogen (secondary N) is 1. The maximum absolute atomic E-state index is 12.0. The second-order valence-electron chi connectivity index (χ2n) is 5.23. The van der Waals surface area contributed by atoms with Crippen LogP contribution in [0.25, 0.3) is 0 Å². The Bertz CT molecular complexity index is 529. The molecule has 0 aliphatic heterocycles. The Morgan fingerprint density at radius 2 is 2.00 bits per heavy atom. The van der Waals surface area contributed by atoms with E-state index in [2.05, 4.69) is 5.32 Å². The number of carbonyl (C=O) groups is 2. The average molecular weight is 299 g/mol. The number of carbonyl (C=O) groups excluding carboxylic acids is 1. The minimum Gasteiger partial charge on any atom is -0.480 e. The molecule has 0 unspecified atom stereocenters. The predicted octanol–water partition coefficient (Wildman–Crippen LogP) is 2.38. The van der Waals surface area contributed by atoms with Crippen molar-refractivity contribution in [1.29, 1.82) is 0 Å². The summed E-state index contributed by atoms with van der Waals surface area (Å²) in [6.45, 7) is 4.93. The number of likely N-dealkylation sites (N-methyl/N-ethyl adjacent to an activating group) is 1. The largest absolute Gasteiger partial charge is 0.480 e. The van der Waals surface area contributed by atoms with Crippen molar-refractivity contribution in [2.24, 2.45) is 0 Å². The second kappa shape index (κ2) is 6.24. The number of amides is 1. The van der Waals surface area contributed by atoms with Crippen molar-refractivity contribution in [3.05, 3.63) is 28.8 Å². The summed E-state index contributed by atoms with van der Waals surface area (Å²) in [7, 11) is 1.60. The van der Waals surface area contributed by atoms with Crippen LogP contribution in [0.5, 0.6) is 0 Å². The molecule has 5 nitrogen and oxygen atoms in total. The van der Waals surface area contributed by atoms with Crippen molar-refractivity contribution in [1.82, 2.24) is 4.90 Å². The third-order valence-electron chi connectivity index (χ3n) is 3.33. The Balaban J connectivity index is 2.73. The van der Waals surface area contributed by atoms with Gasteiger partial charge in [0.1, 0.15) is 5.54 Å². The number of aryl methyl sites for hydroxylation is 1. The number of halogens is 1. The van der Waals surface area contributed by atoms with Crippen LogP contribution in [0.4, 0.5) is 5.69 Å². The molecule has 0 saturated heterocycles. The Morgan fingerprint density at radius 1 is 1.40 bits per heavy atom. The molecule has 0 heterocycles. The normalized spacial score (nSPS) is 11.5. The number of carboxylic acid groups (broad SMARTS) is 1. The lowest BCUT2D eigenvalue weighted by atomic mass is 10.0. The van der Waals surface area contributed by atoms with Crippen LogP contribution >= 0.6 is 11.6 Å². The van der Waals surface area contributed by atoms with E-state index in [-0.39, 0.29) is 12.5 Å². The van der Waals surface area contributed by atoms with Gasteiger partial charge in [-0.25, -0.2) is 0 Å². The molecule has 1 aromatic rings. The van der Waals surface area contributed by atoms with Gasteiger partial charge in [0.15, 0.2) is 0 Å². The third kappa shape index (κ3) is 3.95. The summed E-state index contributed by atoms with van der Waals surface area (Å²) in [5.74, 6) is -1.26. The van der Waals surface area contributed by atoms with Crippen molar-refractivity contribution in [2.45, 2.75) is 26.3 Å². The van der Waals surface area contributed by atoms with Gasteiger partial charge in [0.2, 0.25) is 5.91 Å². The SMILES string of the molecule is Cc1ccc(Cl)cc1NC(=O)CN(C)C(C)(C)C(=O)O. The molecule has 1 amide bonds. The zero-order valence-electron chi connectivity index (χ0n) is 12.0. The van der Waals surface area contributed by atoms with E-state index in [0.29, 0.717) is 10.7 Å². The van der Waals surface area contributed by atoms with Crippen LogP contribution < -0.4 is 5.32 Å². The quantitative estimate of drug-likeness (QED) is 0.875. The fraction of sp³-hybridized carbons (Fsp3) is 0.429. The highest BCUT2D eigenvalue weighted by atomic mass is 35.5. The number of anilines is 1. The summed E-state index contributed by atoms with van der Waals surface area (Å²) >= 11 is 5.88. The van der Waals surface area contributed by atoms with E-state index >= 15 is 0 Å². The van der Waals surface area contributed by atoms with E-state index in [1.54, 1.807) is 33.0 Å². The van der Waals surface area contributed by atoms with Gasteiger partial charge in [-0.15, -0.1) is 0 Å². The fourth-order valence-electron chi connectivity index (χ4n) is 1.49. The highest BCUT2D eigenvalue weighted by molar-refractivity contribution is 6.31. The Morgan fingerprint density at radius 3 is 2.55 bits per heavy atom. The molecule has 0 bridgehead atoms. The zero-order valence-corrected chi connectivity index (χ0v) is 12.8. The third-order valence-corrected chi connectivity index (χ3v) is 3.57. The van der Waals surface area contributed by atoms with Crippen LogP contribution in [0.2, 0.25) is 5.02 Å². The van der Waals surface area contributed by atoms with Gasteiger partial charge in [-0.1, -0.05) is 17.7 Å². The van der Waals surface area contributed by atoms with Crippen molar-refractivity contribution in [3.63, 3.8) is 0 Å². The van der Waals surface area contributed by atoms with Crippen LogP contribution in [0.15, 0.2) is 18.2 Å². The lowest BCUT2D eigenvalue weighted by Crippen LogP contribution is -2.50. The summed E-state index contributed by atoms with van der Waals surface area (Å²) in [4.78, 5) is 24.6. The monoisotopic (exact) mass is 298 g/mol. The summed E-state index contributed by atoms with van der Waals surface area (Å²) < 4.78 is 0. The molecular formula is C14H19ClN2O3. The number of carboxylic acids is 1. The molecule has 0 fully saturated rings. The molecule has 2 N–H and O–H groups in total. The van der Waals surface area contributed by atoms with E-state index in [1.807, 2.05) is 13.0 Å². The average Bonchev–Trinajstić information content (AvgIpc) is 2.33. The van der Waals surface area contributed by atoms with Gasteiger partial charge in [-0.2, -0.15) is 0 Å². The molecule has 20 heavy (non-hydrogen) atoms. The van der Waals surface area contributed by atoms with Crippen LogP contribution in [-0.4, -0.2) is 41.0 Å². The van der Waals surface area contributed by atoms with Crippen LogP contribution in [0.3, 0.4) is 0 Å². The molecule has 0 aliphatic carbocycles. The predicted molar refractivity (Wildman–Crippen MR) is 79.2 cm³/mol. The number of aliphatic carboxylic acids is 1. The first-order valence-corrected chi connectivity index (χ1v) is 6.53. The summed E-state index contributed by atoms with van der Waals surface area (Å²) in [5.41, 5.74) is 0.410. The summed E-state index contributed by atoms with van der Waals surface area (Å²) in [5, 5.41) is 12.4. The smallest absolute Gasteiger partial charge is 0.323 e. The maximum atomic E-state index is 12.0. The number of nitrogens with zero attached hydrogens (tertiary/aromatic N) is 1. The van der Waals surface area contributed by atoms with Crippen molar-refractivity contribution >= 4 is 29.2 Å². The number of benzene rings is 1. The molecule has 0 saturated carbocycles. The molecule has 1 rings (SSSR count). The lowest BCUT2D eigenvalue weighted by Gasteiger charge is -2.30. The van der Waals surface area contributed by atoms with E-state index < -0.39 is 11.5 Å². The van der Waals surface area contributed by atoms with Gasteiger partial charge in [0.25, 0.3) is 0 Å². The van der Waals surface area contributed by atoms with Crippen LogP contribution in [0, 0.1) is 6.92 Å². The van der Waals surface area contributed by atoms with E-state index in [0.717, 1.165) is 5.56 Å². The van der Waals surface area contributed by atoms with E-state index in [4.69, 9.17) is 16.7 Å². The van der Waals surface area contributed by atoms with E-state index in [9.17, 15) is 9.59 Å². The molecule has 0 atom stereocenters. The zero-order chi connectivity index (χ0) is 15.5. The molecule has 1 aromatic carbocycles. The molecule has 6 heteroatoms. The molecule has 0 radical (unpaired) electrons. The number of hydrogen-bond donors (Lipinski definition) is 2. The minimum absolute atomic E-state index is 0.0226. The molecular weight excluding hydrogens is 280 g/mol. The van der Waals surface area contributed by atoms with Gasteiger partial charge in [-0.05, 0) is 45.5 Å². The van der Waals surface area contributed by atoms with Crippen LogP contribution in [0.1, 0.15) is 19.4 Å². The number of rotatable bonds is 5. The van der Waals surface area contributed by atoms with Crippen molar-refractivity contribution in [2.75, 3.05) is 18.9 Å². The van der Waals surface area contributed by atoms with Gasteiger partial charge >= 0.3 is 5.97 Å². The van der Waals surface area contributed by atoms with Crippen molar-refractivity contribution in [3.8, 4) is 0 Å². The van der Waals surface area contributed by atoms with Gasteiger partial charge in [0, 0.05) is 10.7 Å². The Kier molecular flexibility index (Phi) is 5.14. The van der Waals surface area contributed by atoms with Gasteiger partial charge < -0.3 is 10.4 Å². The summed E-state index contributed by atoms with van der Waals surface area (Å²) in [6.07, 6.45) is 0. The molecule has 0 aliphatic rings. The highest BCUT2D eigenvalue weighted by Gasteiger charge is 2.32.